The Hall–Kier alpha value is -1.04. The van der Waals surface area contributed by atoms with Crippen LogP contribution < -0.4 is 0 Å². The minimum atomic E-state index is -0.751. The van der Waals surface area contributed by atoms with Crippen molar-refractivity contribution in [2.75, 3.05) is 5.75 Å². The predicted molar refractivity (Wildman–Crippen MR) is 63.9 cm³/mol. The van der Waals surface area contributed by atoms with E-state index in [-0.39, 0.29) is 6.42 Å². The van der Waals surface area contributed by atoms with E-state index in [1.165, 1.54) is 12.2 Å². The SMILES string of the molecule is O=C(O)CCCCc1nnc(C2CCCS2)o1. The molecule has 17 heavy (non-hydrogen) atoms. The number of rotatable bonds is 6. The average molecular weight is 256 g/mol. The van der Waals surface area contributed by atoms with Gasteiger partial charge in [0.15, 0.2) is 0 Å². The maximum Gasteiger partial charge on any atom is 0.303 e. The standard InChI is InChI=1S/C11H16N2O3S/c14-10(15)6-2-1-5-9-12-13-11(16-9)8-4-3-7-17-8/h8H,1-7H2,(H,14,15). The number of nitrogens with zero attached hydrogens (tertiary/aromatic N) is 2. The second-order valence-corrected chi connectivity index (χ2v) is 5.45. The van der Waals surface area contributed by atoms with Crippen LogP contribution in [0.4, 0.5) is 0 Å². The highest BCUT2D eigenvalue weighted by Gasteiger charge is 2.23. The molecule has 0 saturated carbocycles. The fourth-order valence-electron chi connectivity index (χ4n) is 1.82. The second kappa shape index (κ2) is 6.05. The third-order valence-electron chi connectivity index (χ3n) is 2.72. The lowest BCUT2D eigenvalue weighted by molar-refractivity contribution is -0.137. The summed E-state index contributed by atoms with van der Waals surface area (Å²) in [4.78, 5) is 10.3. The van der Waals surface area contributed by atoms with Gasteiger partial charge in [0.2, 0.25) is 11.8 Å². The molecule has 1 fully saturated rings. The summed E-state index contributed by atoms with van der Waals surface area (Å²) in [5.41, 5.74) is 0. The van der Waals surface area contributed by atoms with Crippen molar-refractivity contribution in [1.82, 2.24) is 10.2 Å². The predicted octanol–water partition coefficient (Wildman–Crippen LogP) is 2.44. The first-order valence-electron chi connectivity index (χ1n) is 5.91. The van der Waals surface area contributed by atoms with Gasteiger partial charge in [-0.25, -0.2) is 0 Å². The Bertz CT molecular complexity index is 375. The van der Waals surface area contributed by atoms with Crippen molar-refractivity contribution in [2.45, 2.75) is 43.8 Å². The molecule has 5 nitrogen and oxygen atoms in total. The molecule has 1 atom stereocenters. The first-order valence-corrected chi connectivity index (χ1v) is 6.96. The third kappa shape index (κ3) is 3.73. The summed E-state index contributed by atoms with van der Waals surface area (Å²) in [6, 6.07) is 0. The lowest BCUT2D eigenvalue weighted by Gasteiger charge is -2.00. The summed E-state index contributed by atoms with van der Waals surface area (Å²) in [7, 11) is 0. The summed E-state index contributed by atoms with van der Waals surface area (Å²) in [6.07, 6.45) is 4.66. The number of thioether (sulfide) groups is 1. The number of aryl methyl sites for hydroxylation is 1. The summed E-state index contributed by atoms with van der Waals surface area (Å²) in [6.45, 7) is 0. The Balaban J connectivity index is 1.75. The maximum absolute atomic E-state index is 10.3. The number of carboxylic acid groups (broad SMARTS) is 1. The number of carbonyl (C=O) groups is 1. The smallest absolute Gasteiger partial charge is 0.303 e. The Morgan fingerprint density at radius 3 is 3.06 bits per heavy atom. The van der Waals surface area contributed by atoms with Crippen molar-refractivity contribution in [3.63, 3.8) is 0 Å². The molecule has 0 amide bonds. The van der Waals surface area contributed by atoms with E-state index in [0.29, 0.717) is 24.0 Å². The fourth-order valence-corrected chi connectivity index (χ4v) is 3.01. The molecular weight excluding hydrogens is 240 g/mol. The Morgan fingerprint density at radius 2 is 2.35 bits per heavy atom. The Labute approximate surface area is 104 Å². The molecule has 2 rings (SSSR count). The van der Waals surface area contributed by atoms with Crippen molar-refractivity contribution < 1.29 is 14.3 Å². The van der Waals surface area contributed by atoms with Gasteiger partial charge in [0.25, 0.3) is 0 Å². The molecule has 1 unspecified atom stereocenters. The molecule has 0 bridgehead atoms. The molecule has 1 aromatic heterocycles. The van der Waals surface area contributed by atoms with Gasteiger partial charge in [0.05, 0.1) is 5.25 Å². The van der Waals surface area contributed by atoms with Crippen LogP contribution in [-0.2, 0) is 11.2 Å². The maximum atomic E-state index is 10.3. The first kappa shape index (κ1) is 12.4. The summed E-state index contributed by atoms with van der Waals surface area (Å²) >= 11 is 1.87. The molecule has 0 radical (unpaired) electrons. The number of aliphatic carboxylic acids is 1. The zero-order chi connectivity index (χ0) is 12.1. The lowest BCUT2D eigenvalue weighted by atomic mass is 10.2. The molecule has 6 heteroatoms. The Morgan fingerprint density at radius 1 is 1.47 bits per heavy atom. The highest BCUT2D eigenvalue weighted by atomic mass is 32.2. The average Bonchev–Trinajstić information content (AvgIpc) is 2.94. The van der Waals surface area contributed by atoms with Crippen LogP contribution in [-0.4, -0.2) is 27.0 Å². The monoisotopic (exact) mass is 256 g/mol. The van der Waals surface area contributed by atoms with Crippen molar-refractivity contribution in [3.8, 4) is 0 Å². The molecular formula is C11H16N2O3S. The van der Waals surface area contributed by atoms with E-state index in [4.69, 9.17) is 9.52 Å². The van der Waals surface area contributed by atoms with Crippen LogP contribution >= 0.6 is 11.8 Å². The van der Waals surface area contributed by atoms with E-state index in [2.05, 4.69) is 10.2 Å². The van der Waals surface area contributed by atoms with Crippen LogP contribution in [0, 0.1) is 0 Å². The minimum absolute atomic E-state index is 0.208. The van der Waals surface area contributed by atoms with Crippen LogP contribution in [0.1, 0.15) is 49.1 Å². The highest BCUT2D eigenvalue weighted by molar-refractivity contribution is 7.99. The van der Waals surface area contributed by atoms with Gasteiger partial charge in [0, 0.05) is 12.8 Å². The van der Waals surface area contributed by atoms with E-state index in [1.807, 2.05) is 11.8 Å². The van der Waals surface area contributed by atoms with Gasteiger partial charge in [0.1, 0.15) is 0 Å². The third-order valence-corrected chi connectivity index (χ3v) is 4.08. The van der Waals surface area contributed by atoms with Crippen molar-refractivity contribution in [2.24, 2.45) is 0 Å². The van der Waals surface area contributed by atoms with Gasteiger partial charge in [-0.2, -0.15) is 0 Å². The Kier molecular flexibility index (Phi) is 4.42. The second-order valence-electron chi connectivity index (χ2n) is 4.14. The van der Waals surface area contributed by atoms with E-state index in [9.17, 15) is 4.79 Å². The number of hydrogen-bond donors (Lipinski definition) is 1. The molecule has 1 aliphatic rings. The molecule has 1 aromatic rings. The van der Waals surface area contributed by atoms with Crippen LogP contribution in [0.5, 0.6) is 0 Å². The first-order chi connectivity index (χ1) is 8.25. The number of unbranched alkanes of at least 4 members (excludes halogenated alkanes) is 1. The normalized spacial score (nSPS) is 19.6. The van der Waals surface area contributed by atoms with E-state index in [1.54, 1.807) is 0 Å². The summed E-state index contributed by atoms with van der Waals surface area (Å²) in [5.74, 6) is 1.79. The number of hydrogen-bond acceptors (Lipinski definition) is 5. The van der Waals surface area contributed by atoms with Gasteiger partial charge in [-0.3, -0.25) is 4.79 Å². The zero-order valence-corrected chi connectivity index (χ0v) is 10.4. The summed E-state index contributed by atoms with van der Waals surface area (Å²) in [5, 5.41) is 16.9. The van der Waals surface area contributed by atoms with Crippen molar-refractivity contribution in [3.05, 3.63) is 11.8 Å². The number of carboxylic acids is 1. The van der Waals surface area contributed by atoms with Gasteiger partial charge >= 0.3 is 5.97 Å². The topological polar surface area (TPSA) is 76.2 Å². The van der Waals surface area contributed by atoms with Crippen molar-refractivity contribution >= 4 is 17.7 Å². The summed E-state index contributed by atoms with van der Waals surface area (Å²) < 4.78 is 5.58. The van der Waals surface area contributed by atoms with Crippen molar-refractivity contribution in [1.29, 1.82) is 0 Å². The van der Waals surface area contributed by atoms with Gasteiger partial charge in [-0.1, -0.05) is 0 Å². The molecule has 1 aliphatic heterocycles. The molecule has 1 N–H and O–H groups in total. The lowest BCUT2D eigenvalue weighted by Crippen LogP contribution is -1.95. The minimum Gasteiger partial charge on any atom is -0.481 e. The van der Waals surface area contributed by atoms with Crippen LogP contribution in [0.3, 0.4) is 0 Å². The quantitative estimate of drug-likeness (QED) is 0.788. The van der Waals surface area contributed by atoms with Crippen LogP contribution in [0.2, 0.25) is 0 Å². The van der Waals surface area contributed by atoms with E-state index >= 15 is 0 Å². The molecule has 1 saturated heterocycles. The van der Waals surface area contributed by atoms with Gasteiger partial charge in [-0.15, -0.1) is 22.0 Å². The zero-order valence-electron chi connectivity index (χ0n) is 9.59. The largest absolute Gasteiger partial charge is 0.481 e. The van der Waals surface area contributed by atoms with Crippen LogP contribution in [0.15, 0.2) is 4.42 Å². The van der Waals surface area contributed by atoms with E-state index in [0.717, 1.165) is 18.7 Å². The highest BCUT2D eigenvalue weighted by Crippen LogP contribution is 2.38. The fraction of sp³-hybridized carbons (Fsp3) is 0.727. The van der Waals surface area contributed by atoms with Gasteiger partial charge in [-0.05, 0) is 31.4 Å². The van der Waals surface area contributed by atoms with Gasteiger partial charge < -0.3 is 9.52 Å². The van der Waals surface area contributed by atoms with E-state index < -0.39 is 5.97 Å². The number of aromatic nitrogens is 2. The van der Waals surface area contributed by atoms with Crippen LogP contribution in [0.25, 0.3) is 0 Å². The molecule has 0 aromatic carbocycles. The molecule has 94 valence electrons. The molecule has 2 heterocycles. The molecule has 0 spiro atoms. The molecule has 0 aliphatic carbocycles.